The predicted molar refractivity (Wildman–Crippen MR) is 209 cm³/mol. The molecule has 0 aliphatic rings. The SMILES string of the molecule is CC(C)(C)c1ccc([Si](=[Si]([Si](C)(C(C)(C)C)C(C)(C)C)[Si](C)(C(C)(C)C)C(C)(C)C)[Si](C)(C(C)(C)C)C(C)(C)C)cc1. The van der Waals surface area contributed by atoms with Crippen LogP contribution in [0.4, 0.5) is 0 Å². The second-order valence-electron chi connectivity index (χ2n) is 21.5. The molecule has 1 aromatic rings. The lowest BCUT2D eigenvalue weighted by molar-refractivity contribution is 0.590. The Morgan fingerprint density at radius 2 is 0.619 bits per heavy atom. The van der Waals surface area contributed by atoms with Gasteiger partial charge >= 0.3 is 0 Å². The highest BCUT2D eigenvalue weighted by atomic mass is 29.8. The maximum Gasteiger partial charge on any atom is 0.0719 e. The minimum absolute atomic E-state index is 0.175. The molecule has 0 saturated carbocycles. The highest BCUT2D eigenvalue weighted by Gasteiger charge is 2.65. The van der Waals surface area contributed by atoms with Crippen LogP contribution in [0, 0.1) is 0 Å². The van der Waals surface area contributed by atoms with E-state index in [2.05, 4.69) is 189 Å². The normalized spacial score (nSPS) is 15.6. The van der Waals surface area contributed by atoms with Crippen molar-refractivity contribution in [1.82, 2.24) is 0 Å². The van der Waals surface area contributed by atoms with Crippen molar-refractivity contribution < 1.29 is 0 Å². The van der Waals surface area contributed by atoms with Gasteiger partial charge < -0.3 is 0 Å². The van der Waals surface area contributed by atoms with E-state index in [4.69, 9.17) is 0 Å². The Morgan fingerprint density at radius 1 is 0.381 bits per heavy atom. The second-order valence-corrected chi connectivity index (χ2v) is 61.8. The Bertz CT molecular complexity index is 1040. The third-order valence-electron chi connectivity index (χ3n) is 12.8. The van der Waals surface area contributed by atoms with Crippen LogP contribution in [0.5, 0.6) is 0 Å². The molecule has 5 heteroatoms. The first kappa shape index (κ1) is 40.3. The van der Waals surface area contributed by atoms with Crippen LogP contribution in [0.25, 0.3) is 0 Å². The zero-order valence-electron chi connectivity index (χ0n) is 33.3. The van der Waals surface area contributed by atoms with Crippen LogP contribution in [0.2, 0.25) is 49.9 Å². The maximum absolute atomic E-state index is 2.94. The van der Waals surface area contributed by atoms with E-state index < -0.39 is 37.1 Å². The molecule has 0 heterocycles. The molecule has 1 rings (SSSR count). The third-order valence-corrected chi connectivity index (χ3v) is 94.7. The van der Waals surface area contributed by atoms with Gasteiger partial charge in [0, 0.05) is 7.41 Å². The van der Waals surface area contributed by atoms with Crippen molar-refractivity contribution in [2.75, 3.05) is 0 Å². The van der Waals surface area contributed by atoms with Crippen LogP contribution in [0.3, 0.4) is 0 Å². The fourth-order valence-electron chi connectivity index (χ4n) is 8.44. The second kappa shape index (κ2) is 11.5. The van der Waals surface area contributed by atoms with Gasteiger partial charge in [0.05, 0.1) is 22.8 Å². The molecular formula is C37H76Si5. The van der Waals surface area contributed by atoms with Gasteiger partial charge in [0.2, 0.25) is 0 Å². The van der Waals surface area contributed by atoms with Crippen LogP contribution < -0.4 is 5.19 Å². The molecule has 0 nitrogen and oxygen atoms in total. The van der Waals surface area contributed by atoms with Gasteiger partial charge in [-0.25, -0.2) is 0 Å². The van der Waals surface area contributed by atoms with Crippen molar-refractivity contribution in [3.8, 4) is 0 Å². The summed E-state index contributed by atoms with van der Waals surface area (Å²) in [5.41, 5.74) is 1.66. The molecule has 0 unspecified atom stereocenters. The Labute approximate surface area is 271 Å². The van der Waals surface area contributed by atoms with Gasteiger partial charge in [-0.15, -0.1) is 0 Å². The lowest BCUT2D eigenvalue weighted by Gasteiger charge is -2.64. The Balaban J connectivity index is 5.15. The summed E-state index contributed by atoms with van der Waals surface area (Å²) in [5, 5.41) is 3.74. The van der Waals surface area contributed by atoms with E-state index in [-0.39, 0.29) is 5.41 Å². The van der Waals surface area contributed by atoms with Gasteiger partial charge in [-0.1, -0.05) is 194 Å². The Kier molecular flexibility index (Phi) is 11.1. The molecular weight excluding hydrogens is 585 g/mol. The third kappa shape index (κ3) is 6.71. The average Bonchev–Trinajstić information content (AvgIpc) is 2.70. The van der Waals surface area contributed by atoms with Gasteiger partial charge in [0.1, 0.15) is 0 Å². The number of hydrogen-bond acceptors (Lipinski definition) is 0. The summed E-state index contributed by atoms with van der Waals surface area (Å²) in [6, 6.07) is 10.4. The summed E-state index contributed by atoms with van der Waals surface area (Å²) < 4.78 is 0. The summed E-state index contributed by atoms with van der Waals surface area (Å²) >= 11 is 0. The van der Waals surface area contributed by atoms with E-state index >= 15 is 0 Å². The molecule has 244 valence electrons. The molecule has 0 fully saturated rings. The first-order valence-corrected chi connectivity index (χ1v) is 31.3. The van der Waals surface area contributed by atoms with E-state index in [0.29, 0.717) is 30.2 Å². The Hall–Kier alpha value is 0.304. The summed E-state index contributed by atoms with van der Waals surface area (Å²) in [4.78, 5) is 0. The summed E-state index contributed by atoms with van der Waals surface area (Å²) in [5.74, 6) is 0. The van der Waals surface area contributed by atoms with Gasteiger partial charge in [0.15, 0.2) is 0 Å². The standard InChI is InChI=1S/C37H76Si5/c1-31(2,3)29-25-27-30(28-26-29)38(40(22,32(4,5)6)33(7,8)9)39(41(23,34(10,11)12)35(13,14)15)42(24,36(16,17)18)37(19,20)21/h25-28H,1-24H3. The van der Waals surface area contributed by atoms with Crippen molar-refractivity contribution in [1.29, 1.82) is 0 Å². The molecule has 0 aliphatic carbocycles. The lowest BCUT2D eigenvalue weighted by Crippen LogP contribution is -2.79. The van der Waals surface area contributed by atoms with E-state index in [9.17, 15) is 0 Å². The van der Waals surface area contributed by atoms with Crippen LogP contribution >= 0.6 is 0 Å². The zero-order chi connectivity index (χ0) is 34.1. The van der Waals surface area contributed by atoms with Crippen molar-refractivity contribution >= 4 is 42.3 Å². The Morgan fingerprint density at radius 3 is 0.810 bits per heavy atom. The molecule has 42 heavy (non-hydrogen) atoms. The van der Waals surface area contributed by atoms with E-state index in [1.807, 2.05) is 0 Å². The molecule has 0 atom stereocenters. The van der Waals surface area contributed by atoms with Crippen molar-refractivity contribution in [3.05, 3.63) is 29.8 Å². The summed E-state index contributed by atoms with van der Waals surface area (Å²) in [7, 11) is -6.83. The molecule has 0 aliphatic heterocycles. The molecule has 0 aromatic heterocycles. The van der Waals surface area contributed by atoms with Crippen LogP contribution in [-0.4, -0.2) is 37.1 Å². The highest BCUT2D eigenvalue weighted by Crippen LogP contribution is 2.61. The monoisotopic (exact) mass is 660 g/mol. The zero-order valence-corrected chi connectivity index (χ0v) is 38.3. The topological polar surface area (TPSA) is 0 Å². The fraction of sp³-hybridized carbons (Fsp3) is 0.838. The van der Waals surface area contributed by atoms with Gasteiger partial charge in [-0.05, 0) is 48.1 Å². The number of benzene rings is 1. The van der Waals surface area contributed by atoms with Crippen molar-refractivity contribution in [3.63, 3.8) is 0 Å². The molecule has 1 aromatic carbocycles. The molecule has 0 radical (unpaired) electrons. The lowest BCUT2D eigenvalue weighted by atomic mass is 9.87. The number of rotatable bonds is 4. The van der Waals surface area contributed by atoms with Gasteiger partial charge in [-0.2, -0.15) is 0 Å². The van der Waals surface area contributed by atoms with Crippen LogP contribution in [0.15, 0.2) is 24.3 Å². The van der Waals surface area contributed by atoms with Crippen LogP contribution in [-0.2, 0) is 5.41 Å². The van der Waals surface area contributed by atoms with Gasteiger partial charge in [0.25, 0.3) is 0 Å². The quantitative estimate of drug-likeness (QED) is 0.282. The first-order chi connectivity index (χ1) is 18.0. The smallest absolute Gasteiger partial charge is 0.0684 e. The molecule has 0 amide bonds. The molecule has 0 spiro atoms. The first-order valence-electron chi connectivity index (χ1n) is 16.8. The molecule has 0 saturated heterocycles. The summed E-state index contributed by atoms with van der Waals surface area (Å²) in [6.45, 7) is 63.0. The van der Waals surface area contributed by atoms with Crippen LogP contribution in [0.1, 0.15) is 151 Å². The van der Waals surface area contributed by atoms with E-state index in [0.717, 1.165) is 0 Å². The highest BCUT2D eigenvalue weighted by molar-refractivity contribution is 7.76. The predicted octanol–water partition coefficient (Wildman–Crippen LogP) is 12.5. The average molecular weight is 661 g/mol. The minimum Gasteiger partial charge on any atom is -0.0684 e. The number of hydrogen-bond donors (Lipinski definition) is 0. The van der Waals surface area contributed by atoms with E-state index in [1.165, 1.54) is 5.56 Å². The maximum atomic E-state index is 2.94. The minimum atomic E-state index is -1.97. The summed E-state index contributed by atoms with van der Waals surface area (Å²) in [6.07, 6.45) is 0. The largest absolute Gasteiger partial charge is 0.0719 e. The van der Waals surface area contributed by atoms with E-state index in [1.54, 1.807) is 5.19 Å². The molecule has 0 bridgehead atoms. The fourth-order valence-corrected chi connectivity index (χ4v) is 134. The van der Waals surface area contributed by atoms with Crippen molar-refractivity contribution in [2.45, 2.75) is 201 Å². The van der Waals surface area contributed by atoms with Crippen molar-refractivity contribution in [2.24, 2.45) is 0 Å². The van der Waals surface area contributed by atoms with Gasteiger partial charge in [-0.3, -0.25) is 0 Å². The molecule has 0 N–H and O–H groups in total.